The third kappa shape index (κ3) is 10.1. The average molecular weight is 548 g/mol. The maximum atomic E-state index is 13.2. The van der Waals surface area contributed by atoms with E-state index in [1.165, 1.54) is 43.7 Å². The van der Waals surface area contributed by atoms with E-state index < -0.39 is 59.9 Å². The number of benzene rings is 1. The molecular weight excluding hydrogens is 514 g/mol. The lowest BCUT2D eigenvalue weighted by Gasteiger charge is -2.25. The van der Waals surface area contributed by atoms with E-state index in [1.54, 1.807) is 0 Å². The number of aromatic nitrogens is 2. The molecule has 11 N–H and O–H groups in total. The van der Waals surface area contributed by atoms with Crippen LogP contribution in [0.25, 0.3) is 0 Å². The van der Waals surface area contributed by atoms with Gasteiger partial charge in [-0.05, 0) is 31.0 Å². The zero-order chi connectivity index (χ0) is 29.1. The van der Waals surface area contributed by atoms with Gasteiger partial charge in [0.05, 0.1) is 12.4 Å². The van der Waals surface area contributed by atoms with Crippen molar-refractivity contribution in [1.82, 2.24) is 25.9 Å². The number of amides is 4. The second-order valence-electron chi connectivity index (χ2n) is 8.94. The van der Waals surface area contributed by atoms with Crippen molar-refractivity contribution in [2.75, 3.05) is 0 Å². The first-order chi connectivity index (χ1) is 18.4. The van der Waals surface area contributed by atoms with E-state index in [2.05, 4.69) is 25.9 Å². The highest BCUT2D eigenvalue weighted by Crippen LogP contribution is 2.12. The first kappa shape index (κ1) is 30.7. The number of aromatic hydroxyl groups is 1. The summed E-state index contributed by atoms with van der Waals surface area (Å²) in [5, 5.41) is 36.0. The molecule has 39 heavy (non-hydrogen) atoms. The summed E-state index contributed by atoms with van der Waals surface area (Å²) < 4.78 is 0. The van der Waals surface area contributed by atoms with Gasteiger partial charge in [0.25, 0.3) is 0 Å². The Morgan fingerprint density at radius 3 is 2.08 bits per heavy atom. The molecule has 15 nitrogen and oxygen atoms in total. The highest BCUT2D eigenvalue weighted by atomic mass is 16.4. The minimum atomic E-state index is -1.37. The molecule has 0 aliphatic heterocycles. The highest BCUT2D eigenvalue weighted by Gasteiger charge is 2.31. The molecule has 0 saturated carbocycles. The Morgan fingerprint density at radius 1 is 0.949 bits per heavy atom. The monoisotopic (exact) mass is 547 g/mol. The number of nitrogens with two attached hydrogens (primary N) is 2. The smallest absolute Gasteiger partial charge is 0.326 e. The number of carboxylic acid groups (broad SMARTS) is 1. The molecule has 0 aliphatic rings. The summed E-state index contributed by atoms with van der Waals surface area (Å²) in [6.45, 7) is 1.28. The van der Waals surface area contributed by atoms with Gasteiger partial charge in [-0.25, -0.2) is 9.78 Å². The van der Waals surface area contributed by atoms with Gasteiger partial charge in [-0.2, -0.15) is 0 Å². The zero-order valence-electron chi connectivity index (χ0n) is 21.2. The van der Waals surface area contributed by atoms with Crippen molar-refractivity contribution >= 4 is 29.6 Å². The number of aliphatic hydroxyl groups is 1. The summed E-state index contributed by atoms with van der Waals surface area (Å²) in [4.78, 5) is 68.5. The molecule has 1 heterocycles. The molecule has 5 unspecified atom stereocenters. The molecule has 0 spiro atoms. The average Bonchev–Trinajstić information content (AvgIpc) is 3.39. The summed E-state index contributed by atoms with van der Waals surface area (Å²) >= 11 is 0. The minimum Gasteiger partial charge on any atom is -0.508 e. The Morgan fingerprint density at radius 2 is 1.54 bits per heavy atom. The number of nitrogens with one attached hydrogen (secondary N) is 4. The summed E-state index contributed by atoms with van der Waals surface area (Å²) in [7, 11) is 0. The Hall–Kier alpha value is -4.50. The number of phenolic OH excluding ortho intramolecular Hbond substituents is 1. The lowest BCUT2D eigenvalue weighted by Crippen LogP contribution is -2.58. The van der Waals surface area contributed by atoms with E-state index in [0.717, 1.165) is 0 Å². The van der Waals surface area contributed by atoms with Crippen LogP contribution in [0.5, 0.6) is 5.75 Å². The number of nitrogens with zero attached hydrogens (tertiary/aromatic N) is 1. The predicted molar refractivity (Wildman–Crippen MR) is 136 cm³/mol. The standard InChI is InChI=1S/C24H33N7O8/c1-12(32)20(26)23(37)29-16(6-7-19(25)34)21(35)30-17(8-13-2-4-15(33)5-3-13)22(36)31-18(24(38)39)9-14-10-27-11-28-14/h2-5,10-12,16-18,20,32-33H,6-9,26H2,1H3,(H2,25,34)(H,27,28)(H,29,37)(H,30,35)(H,31,36)(H,38,39). The number of carbonyl (C=O) groups excluding carboxylic acids is 4. The summed E-state index contributed by atoms with van der Waals surface area (Å²) in [6, 6.07) is 0.337. The highest BCUT2D eigenvalue weighted by molar-refractivity contribution is 5.94. The van der Waals surface area contributed by atoms with Crippen LogP contribution in [0.3, 0.4) is 0 Å². The number of aromatic amines is 1. The van der Waals surface area contributed by atoms with E-state index in [0.29, 0.717) is 11.3 Å². The Bertz CT molecular complexity index is 1140. The molecule has 1 aromatic heterocycles. The second kappa shape index (κ2) is 14.4. The van der Waals surface area contributed by atoms with Gasteiger partial charge in [0, 0.05) is 31.2 Å². The van der Waals surface area contributed by atoms with E-state index in [1.807, 2.05) is 0 Å². The first-order valence-electron chi connectivity index (χ1n) is 12.0. The van der Waals surface area contributed by atoms with Crippen LogP contribution in [-0.4, -0.2) is 85.2 Å². The van der Waals surface area contributed by atoms with E-state index >= 15 is 0 Å². The van der Waals surface area contributed by atoms with Gasteiger partial charge in [-0.3, -0.25) is 19.2 Å². The number of primary amides is 1. The molecule has 0 bridgehead atoms. The fourth-order valence-corrected chi connectivity index (χ4v) is 3.48. The molecule has 15 heteroatoms. The van der Waals surface area contributed by atoms with Crippen LogP contribution < -0.4 is 27.4 Å². The van der Waals surface area contributed by atoms with Gasteiger partial charge in [0.2, 0.25) is 23.6 Å². The SMILES string of the molecule is CC(O)C(N)C(=O)NC(CCC(N)=O)C(=O)NC(Cc1ccc(O)cc1)C(=O)NC(Cc1cnc[nH]1)C(=O)O. The van der Waals surface area contributed by atoms with Crippen LogP contribution in [0.1, 0.15) is 31.0 Å². The van der Waals surface area contributed by atoms with Crippen LogP contribution in [0.2, 0.25) is 0 Å². The molecule has 0 radical (unpaired) electrons. The molecule has 0 saturated heterocycles. The second-order valence-corrected chi connectivity index (χ2v) is 8.94. The predicted octanol–water partition coefficient (Wildman–Crippen LogP) is -2.59. The van der Waals surface area contributed by atoms with Gasteiger partial charge in [-0.1, -0.05) is 12.1 Å². The van der Waals surface area contributed by atoms with Crippen LogP contribution in [0.4, 0.5) is 0 Å². The number of carboxylic acids is 1. The molecular formula is C24H33N7O8. The van der Waals surface area contributed by atoms with Crippen molar-refractivity contribution in [2.45, 2.75) is 62.9 Å². The van der Waals surface area contributed by atoms with Gasteiger partial charge < -0.3 is 47.7 Å². The Balaban J connectivity index is 2.27. The third-order valence-electron chi connectivity index (χ3n) is 5.74. The Labute approximate surface area is 223 Å². The number of aliphatic carboxylic acids is 1. The van der Waals surface area contributed by atoms with Crippen molar-refractivity contribution in [3.8, 4) is 5.75 Å². The van der Waals surface area contributed by atoms with E-state index in [9.17, 15) is 39.3 Å². The van der Waals surface area contributed by atoms with Crippen LogP contribution in [0, 0.1) is 0 Å². The van der Waals surface area contributed by atoms with E-state index in [4.69, 9.17) is 11.5 Å². The lowest BCUT2D eigenvalue weighted by atomic mass is 10.0. The Kier molecular flexibility index (Phi) is 11.4. The first-order valence-corrected chi connectivity index (χ1v) is 12.0. The maximum Gasteiger partial charge on any atom is 0.326 e. The normalized spacial score (nSPS) is 14.7. The quantitative estimate of drug-likeness (QED) is 0.112. The number of H-pyrrole nitrogens is 1. The molecule has 212 valence electrons. The number of hydrogen-bond acceptors (Lipinski definition) is 9. The maximum absolute atomic E-state index is 13.2. The summed E-state index contributed by atoms with van der Waals surface area (Å²) in [5.74, 6) is -4.70. The van der Waals surface area contributed by atoms with Gasteiger partial charge in [-0.15, -0.1) is 0 Å². The summed E-state index contributed by atoms with van der Waals surface area (Å²) in [6.07, 6.45) is 0.774. The zero-order valence-corrected chi connectivity index (χ0v) is 21.2. The lowest BCUT2D eigenvalue weighted by molar-refractivity contribution is -0.142. The molecule has 1 aromatic carbocycles. The van der Waals surface area contributed by atoms with Gasteiger partial charge in [0.15, 0.2) is 0 Å². The minimum absolute atomic E-state index is 0.0297. The fourth-order valence-electron chi connectivity index (χ4n) is 3.48. The van der Waals surface area contributed by atoms with Crippen molar-refractivity contribution in [2.24, 2.45) is 11.5 Å². The number of carbonyl (C=O) groups is 5. The van der Waals surface area contributed by atoms with E-state index in [-0.39, 0.29) is 31.4 Å². The largest absolute Gasteiger partial charge is 0.508 e. The summed E-state index contributed by atoms with van der Waals surface area (Å²) in [5.41, 5.74) is 11.8. The van der Waals surface area contributed by atoms with Crippen molar-refractivity contribution in [1.29, 1.82) is 0 Å². The van der Waals surface area contributed by atoms with Gasteiger partial charge >= 0.3 is 5.97 Å². The molecule has 0 aliphatic carbocycles. The number of rotatable bonds is 15. The van der Waals surface area contributed by atoms with Gasteiger partial charge in [0.1, 0.15) is 29.9 Å². The molecule has 0 fully saturated rings. The number of aliphatic hydroxyl groups excluding tert-OH is 1. The topological polar surface area (TPSA) is 263 Å². The number of imidazole rings is 1. The van der Waals surface area contributed by atoms with Crippen LogP contribution in [-0.2, 0) is 36.8 Å². The molecule has 4 amide bonds. The third-order valence-corrected chi connectivity index (χ3v) is 5.74. The molecule has 5 atom stereocenters. The molecule has 2 aromatic rings. The van der Waals surface area contributed by atoms with Crippen molar-refractivity contribution in [3.63, 3.8) is 0 Å². The van der Waals surface area contributed by atoms with Crippen LogP contribution >= 0.6 is 0 Å². The number of hydrogen-bond donors (Lipinski definition) is 9. The fraction of sp³-hybridized carbons (Fsp3) is 0.417. The molecule has 2 rings (SSSR count). The number of phenols is 1. The van der Waals surface area contributed by atoms with Crippen molar-refractivity contribution in [3.05, 3.63) is 48.0 Å². The van der Waals surface area contributed by atoms with Crippen molar-refractivity contribution < 1.29 is 39.3 Å². The van der Waals surface area contributed by atoms with Crippen LogP contribution in [0.15, 0.2) is 36.8 Å².